The lowest BCUT2D eigenvalue weighted by atomic mass is 10.4. The van der Waals surface area contributed by atoms with Crippen LogP contribution in [0.4, 0.5) is 0 Å². The maximum Gasteiger partial charge on any atom is 0.561 e. The number of carbonyl (C=O) groups is 1. The summed E-state index contributed by atoms with van der Waals surface area (Å²) in [4.78, 5) is 34.8. The Bertz CT molecular complexity index is 332. The van der Waals surface area contributed by atoms with Gasteiger partial charge in [0.15, 0.2) is 0 Å². The summed E-state index contributed by atoms with van der Waals surface area (Å²) in [7, 11) is -8.36. The average Bonchev–Trinajstić information content (AvgIpc) is 2.90. The predicted octanol–water partition coefficient (Wildman–Crippen LogP) is 2.04. The Balaban J connectivity index is 0.000000243. The number of hydrogen-bond donors (Lipinski definition) is 2. The molecule has 0 saturated heterocycles. The molecule has 0 heterocycles. The van der Waals surface area contributed by atoms with Crippen molar-refractivity contribution < 1.29 is 28.6 Å². The number of allylic oxidation sites excluding steroid dienone is 2. The molecule has 8 heteroatoms. The van der Waals surface area contributed by atoms with E-state index in [0.717, 1.165) is 25.7 Å². The maximum atomic E-state index is 10.2. The molecule has 104 valence electrons. The van der Waals surface area contributed by atoms with E-state index in [1.54, 1.807) is 0 Å². The molecule has 2 N–H and O–H groups in total. The highest BCUT2D eigenvalue weighted by Crippen LogP contribution is 2.56. The molecule has 1 atom stereocenters. The Labute approximate surface area is 107 Å². The molecule has 0 aliphatic heterocycles. The van der Waals surface area contributed by atoms with Crippen LogP contribution in [0.1, 0.15) is 44.9 Å². The van der Waals surface area contributed by atoms with Crippen LogP contribution in [0.3, 0.4) is 0 Å². The summed E-state index contributed by atoms with van der Waals surface area (Å²) in [5.41, 5.74) is 0. The van der Waals surface area contributed by atoms with Crippen molar-refractivity contribution in [2.24, 2.45) is 0 Å². The molecule has 1 unspecified atom stereocenters. The zero-order valence-electron chi connectivity index (χ0n) is 10.0. The first-order valence-corrected chi connectivity index (χ1v) is 9.20. The highest BCUT2D eigenvalue weighted by atomic mass is 32.1. The van der Waals surface area contributed by atoms with E-state index in [1.165, 1.54) is 19.3 Å². The minimum atomic E-state index is -4.78. The van der Waals surface area contributed by atoms with E-state index in [0.29, 0.717) is 5.78 Å². The molecule has 1 fully saturated rings. The zero-order chi connectivity index (χ0) is 14.0. The molecule has 0 aromatic heterocycles. The Morgan fingerprint density at radius 2 is 1.50 bits per heavy atom. The van der Waals surface area contributed by atoms with Gasteiger partial charge in [-0.3, -0.25) is 14.6 Å². The number of hydrogen-bond acceptors (Lipinski definition) is 4. The topological polar surface area (TPSA) is 115 Å². The van der Waals surface area contributed by atoms with Crippen LogP contribution in [-0.4, -0.2) is 15.6 Å². The molecule has 0 aromatic carbocycles. The lowest BCUT2D eigenvalue weighted by molar-refractivity contribution is -0.160. The van der Waals surface area contributed by atoms with Crippen molar-refractivity contribution in [2.75, 3.05) is 0 Å². The average molecular weight is 296 g/mol. The van der Waals surface area contributed by atoms with Crippen LogP contribution in [-0.2, 0) is 13.9 Å². The van der Waals surface area contributed by atoms with Crippen molar-refractivity contribution in [3.8, 4) is 0 Å². The van der Waals surface area contributed by atoms with Gasteiger partial charge >= 0.3 is 15.0 Å². The van der Waals surface area contributed by atoms with Gasteiger partial charge in [0.2, 0.25) is 0 Å². The van der Waals surface area contributed by atoms with E-state index in [9.17, 15) is 18.8 Å². The smallest absolute Gasteiger partial charge is 0.561 e. The summed E-state index contributed by atoms with van der Waals surface area (Å²) < 4.78 is 18.7. The van der Waals surface area contributed by atoms with Gasteiger partial charge in [0, 0.05) is 12.8 Å². The third-order valence-electron chi connectivity index (χ3n) is 2.28. The molecule has 2 aliphatic rings. The molecule has 18 heavy (non-hydrogen) atoms. The fraction of sp³-hybridized carbons (Fsp3) is 0.700. The SMILES string of the molecule is C1=CCCC1.O=C1CCCC1.O=[P+]([O-])P(=O)(O)O. The van der Waals surface area contributed by atoms with Gasteiger partial charge in [0.25, 0.3) is 0 Å². The molecular weight excluding hydrogens is 278 g/mol. The van der Waals surface area contributed by atoms with Gasteiger partial charge < -0.3 is 4.89 Å². The van der Waals surface area contributed by atoms with Crippen LogP contribution in [0.5, 0.6) is 0 Å². The van der Waals surface area contributed by atoms with Gasteiger partial charge in [-0.1, -0.05) is 16.7 Å². The van der Waals surface area contributed by atoms with Crippen molar-refractivity contribution in [3.05, 3.63) is 12.2 Å². The first-order valence-electron chi connectivity index (χ1n) is 5.71. The monoisotopic (exact) mass is 296 g/mol. The van der Waals surface area contributed by atoms with Crippen LogP contribution in [0, 0.1) is 0 Å². The molecule has 0 aromatic rings. The summed E-state index contributed by atoms with van der Waals surface area (Å²) in [5.74, 6) is 0.454. The van der Waals surface area contributed by atoms with Gasteiger partial charge in [0.05, 0.1) is 0 Å². The summed E-state index contributed by atoms with van der Waals surface area (Å²) in [6.07, 6.45) is 12.5. The third kappa shape index (κ3) is 10.8. The van der Waals surface area contributed by atoms with E-state index in [1.807, 2.05) is 0 Å². The number of Topliss-reactive ketones (excluding diaryl/α,β-unsaturated/α-hetero) is 1. The summed E-state index contributed by atoms with van der Waals surface area (Å²) in [6.45, 7) is 0. The normalized spacial score (nSPS) is 18.6. The van der Waals surface area contributed by atoms with Gasteiger partial charge in [-0.05, 0) is 32.1 Å². The molecule has 0 radical (unpaired) electrons. The third-order valence-corrected chi connectivity index (χ3v) is 3.98. The van der Waals surface area contributed by atoms with Crippen LogP contribution < -0.4 is 4.89 Å². The first-order chi connectivity index (χ1) is 8.34. The Kier molecular flexibility index (Phi) is 9.34. The van der Waals surface area contributed by atoms with Gasteiger partial charge in [-0.25, -0.2) is 4.57 Å². The Hall–Kier alpha value is -0.380. The quantitative estimate of drug-likeness (QED) is 0.565. The van der Waals surface area contributed by atoms with Crippen molar-refractivity contribution >= 4 is 20.8 Å². The molecule has 0 spiro atoms. The Morgan fingerprint density at radius 1 is 1.11 bits per heavy atom. The molecule has 2 aliphatic carbocycles. The van der Waals surface area contributed by atoms with E-state index in [4.69, 9.17) is 9.79 Å². The van der Waals surface area contributed by atoms with Gasteiger partial charge in [-0.15, -0.1) is 0 Å². The fourth-order valence-electron chi connectivity index (χ4n) is 1.36. The highest BCUT2D eigenvalue weighted by Gasteiger charge is 2.30. The lowest BCUT2D eigenvalue weighted by Crippen LogP contribution is -1.84. The first kappa shape index (κ1) is 17.6. The fourth-order valence-corrected chi connectivity index (χ4v) is 1.36. The molecule has 0 bridgehead atoms. The van der Waals surface area contributed by atoms with E-state index in [-0.39, 0.29) is 0 Å². The largest absolute Gasteiger partial charge is 0.588 e. The summed E-state index contributed by atoms with van der Waals surface area (Å²) >= 11 is 0. The number of carbonyl (C=O) groups excluding carboxylic acids is 1. The molecule has 2 rings (SSSR count). The molecule has 0 amide bonds. The van der Waals surface area contributed by atoms with Crippen LogP contribution in [0.15, 0.2) is 12.2 Å². The van der Waals surface area contributed by atoms with Crippen molar-refractivity contribution in [2.45, 2.75) is 44.9 Å². The van der Waals surface area contributed by atoms with Crippen LogP contribution in [0.2, 0.25) is 0 Å². The van der Waals surface area contributed by atoms with E-state index >= 15 is 0 Å². The summed E-state index contributed by atoms with van der Waals surface area (Å²) in [6, 6.07) is 0. The van der Waals surface area contributed by atoms with Gasteiger partial charge in [-0.2, -0.15) is 0 Å². The summed E-state index contributed by atoms with van der Waals surface area (Å²) in [5, 5.41) is 0. The number of ketones is 1. The molecule has 6 nitrogen and oxygen atoms in total. The van der Waals surface area contributed by atoms with Crippen molar-refractivity contribution in [1.29, 1.82) is 0 Å². The molecule has 1 saturated carbocycles. The van der Waals surface area contributed by atoms with Crippen molar-refractivity contribution in [1.82, 2.24) is 0 Å². The van der Waals surface area contributed by atoms with Crippen LogP contribution in [0.25, 0.3) is 0 Å². The molecular formula is C10H18O6P2. The second kappa shape index (κ2) is 9.54. The number of rotatable bonds is 1. The lowest BCUT2D eigenvalue weighted by Gasteiger charge is -1.85. The standard InChI is InChI=1S/C5H8O.C5H8.H2O5P2/c6-5-3-1-2-4-5;1-2-4-5-3-1;1-6(2)7(3,4)5/h1-4H2;1-2H,3-5H2;(H2,3,4,5). The second-order valence-corrected chi connectivity index (χ2v) is 7.94. The minimum absolute atomic E-state index is 0.454. The van der Waals surface area contributed by atoms with E-state index < -0.39 is 15.0 Å². The predicted molar refractivity (Wildman–Crippen MR) is 66.1 cm³/mol. The maximum absolute atomic E-state index is 10.2. The Morgan fingerprint density at radius 3 is 1.61 bits per heavy atom. The highest BCUT2D eigenvalue weighted by molar-refractivity contribution is 8.19. The van der Waals surface area contributed by atoms with Crippen molar-refractivity contribution in [3.63, 3.8) is 0 Å². The minimum Gasteiger partial charge on any atom is -0.588 e. The van der Waals surface area contributed by atoms with E-state index in [2.05, 4.69) is 12.2 Å². The zero-order valence-corrected chi connectivity index (χ0v) is 11.8. The van der Waals surface area contributed by atoms with Gasteiger partial charge in [0.1, 0.15) is 5.78 Å². The van der Waals surface area contributed by atoms with Crippen LogP contribution >= 0.6 is 15.0 Å². The second-order valence-electron chi connectivity index (χ2n) is 3.90.